The first-order valence-electron chi connectivity index (χ1n) is 8.02. The van der Waals surface area contributed by atoms with Crippen molar-refractivity contribution in [2.45, 2.75) is 25.9 Å². The van der Waals surface area contributed by atoms with Crippen LogP contribution in [-0.4, -0.2) is 10.2 Å². The Kier molecular flexibility index (Phi) is 4.56. The maximum Gasteiger partial charge on any atom is 0.416 e. The lowest BCUT2D eigenvalue weighted by Crippen LogP contribution is -2.07. The standard InChI is InChI=1S/C20H15F3N2O/c1-13-16(6-4-11-24)25-12-3-2-5-17(25)18(13)19(26)14-7-9-15(10-8-14)20(21,22)23/h2-3,5,7-10,12H,4,6H2,1H3. The van der Waals surface area contributed by atoms with E-state index in [2.05, 4.69) is 6.07 Å². The smallest absolute Gasteiger partial charge is 0.320 e. The molecule has 0 unspecified atom stereocenters. The third-order valence-corrected chi connectivity index (χ3v) is 4.39. The van der Waals surface area contributed by atoms with Crippen LogP contribution in [0.1, 0.15) is 39.2 Å². The molecule has 0 saturated heterocycles. The third kappa shape index (κ3) is 3.08. The Morgan fingerprint density at radius 3 is 2.46 bits per heavy atom. The normalized spacial score (nSPS) is 11.5. The quantitative estimate of drug-likeness (QED) is 0.621. The Morgan fingerprint density at radius 2 is 1.85 bits per heavy atom. The van der Waals surface area contributed by atoms with E-state index < -0.39 is 11.7 Å². The van der Waals surface area contributed by atoms with Gasteiger partial charge in [0.05, 0.1) is 22.7 Å². The van der Waals surface area contributed by atoms with Crippen molar-refractivity contribution in [2.24, 2.45) is 0 Å². The first-order valence-corrected chi connectivity index (χ1v) is 8.02. The van der Waals surface area contributed by atoms with E-state index in [0.717, 1.165) is 23.4 Å². The van der Waals surface area contributed by atoms with Crippen molar-refractivity contribution in [3.63, 3.8) is 0 Å². The highest BCUT2D eigenvalue weighted by Crippen LogP contribution is 2.31. The number of rotatable bonds is 4. The van der Waals surface area contributed by atoms with Gasteiger partial charge in [-0.2, -0.15) is 18.4 Å². The van der Waals surface area contributed by atoms with E-state index in [1.54, 1.807) is 19.1 Å². The van der Waals surface area contributed by atoms with Crippen LogP contribution in [0.15, 0.2) is 48.7 Å². The van der Waals surface area contributed by atoms with Gasteiger partial charge in [-0.3, -0.25) is 4.79 Å². The monoisotopic (exact) mass is 356 g/mol. The van der Waals surface area contributed by atoms with Gasteiger partial charge in [0.1, 0.15) is 0 Å². The number of nitriles is 1. The number of halogens is 3. The van der Waals surface area contributed by atoms with E-state index in [1.807, 2.05) is 16.7 Å². The zero-order valence-electron chi connectivity index (χ0n) is 14.0. The van der Waals surface area contributed by atoms with Crippen LogP contribution in [-0.2, 0) is 12.6 Å². The second-order valence-electron chi connectivity index (χ2n) is 5.96. The van der Waals surface area contributed by atoms with Crippen LogP contribution < -0.4 is 0 Å². The van der Waals surface area contributed by atoms with Gasteiger partial charge >= 0.3 is 6.18 Å². The molecule has 0 amide bonds. The van der Waals surface area contributed by atoms with Gasteiger partial charge < -0.3 is 4.40 Å². The molecule has 0 saturated carbocycles. The van der Waals surface area contributed by atoms with Crippen LogP contribution in [0.25, 0.3) is 5.52 Å². The topological polar surface area (TPSA) is 45.3 Å². The average molecular weight is 356 g/mol. The molecule has 0 atom stereocenters. The van der Waals surface area contributed by atoms with Gasteiger partial charge in [-0.15, -0.1) is 0 Å². The van der Waals surface area contributed by atoms with Crippen molar-refractivity contribution in [1.29, 1.82) is 5.26 Å². The summed E-state index contributed by atoms with van der Waals surface area (Å²) in [7, 11) is 0. The predicted octanol–water partition coefficient (Wildman–Crippen LogP) is 4.95. The molecule has 0 spiro atoms. The fourth-order valence-corrected chi connectivity index (χ4v) is 3.12. The molecule has 0 aliphatic rings. The minimum Gasteiger partial charge on any atom is -0.320 e. The summed E-state index contributed by atoms with van der Waals surface area (Å²) >= 11 is 0. The maximum atomic E-state index is 13.0. The fourth-order valence-electron chi connectivity index (χ4n) is 3.12. The summed E-state index contributed by atoms with van der Waals surface area (Å²) in [6, 6.07) is 11.7. The first-order chi connectivity index (χ1) is 12.3. The lowest BCUT2D eigenvalue weighted by Gasteiger charge is -2.07. The van der Waals surface area contributed by atoms with Crippen molar-refractivity contribution in [1.82, 2.24) is 4.40 Å². The van der Waals surface area contributed by atoms with Crippen LogP contribution in [0.2, 0.25) is 0 Å². The van der Waals surface area contributed by atoms with Gasteiger partial charge in [0, 0.05) is 30.3 Å². The van der Waals surface area contributed by atoms with Crippen molar-refractivity contribution in [2.75, 3.05) is 0 Å². The number of carbonyl (C=O) groups is 1. The minimum atomic E-state index is -4.44. The average Bonchev–Trinajstić information content (AvgIpc) is 2.90. The Hall–Kier alpha value is -3.07. The fraction of sp³-hybridized carbons (Fsp3) is 0.200. The summed E-state index contributed by atoms with van der Waals surface area (Å²) in [5, 5.41) is 8.86. The summed E-state index contributed by atoms with van der Waals surface area (Å²) in [5.74, 6) is -0.330. The second kappa shape index (κ2) is 6.68. The molecule has 6 heteroatoms. The van der Waals surface area contributed by atoms with Crippen LogP contribution in [0, 0.1) is 18.3 Å². The lowest BCUT2D eigenvalue weighted by atomic mass is 9.98. The number of hydrogen-bond acceptors (Lipinski definition) is 2. The molecule has 132 valence electrons. The van der Waals surface area contributed by atoms with Crippen LogP contribution in [0.3, 0.4) is 0 Å². The maximum absolute atomic E-state index is 13.0. The van der Waals surface area contributed by atoms with E-state index in [-0.39, 0.29) is 11.3 Å². The molecule has 26 heavy (non-hydrogen) atoms. The molecule has 0 radical (unpaired) electrons. The second-order valence-corrected chi connectivity index (χ2v) is 5.96. The number of fused-ring (bicyclic) bond motifs is 1. The number of pyridine rings is 1. The molecule has 0 fully saturated rings. The van der Waals surface area contributed by atoms with Crippen molar-refractivity contribution < 1.29 is 18.0 Å². The van der Waals surface area contributed by atoms with Gasteiger partial charge in [0.25, 0.3) is 0 Å². The van der Waals surface area contributed by atoms with E-state index in [1.165, 1.54) is 12.1 Å². The van der Waals surface area contributed by atoms with Crippen LogP contribution >= 0.6 is 0 Å². The molecular formula is C20H15F3N2O. The summed E-state index contributed by atoms with van der Waals surface area (Å²) in [4.78, 5) is 13.0. The number of alkyl halides is 3. The van der Waals surface area contributed by atoms with E-state index in [0.29, 0.717) is 23.9 Å². The zero-order chi connectivity index (χ0) is 18.9. The summed E-state index contributed by atoms with van der Waals surface area (Å²) in [5.41, 5.74) is 2.15. The molecular weight excluding hydrogens is 341 g/mol. The Balaban J connectivity index is 2.09. The van der Waals surface area contributed by atoms with E-state index >= 15 is 0 Å². The van der Waals surface area contributed by atoms with E-state index in [9.17, 15) is 18.0 Å². The van der Waals surface area contributed by atoms with Gasteiger partial charge in [-0.1, -0.05) is 18.2 Å². The van der Waals surface area contributed by atoms with E-state index in [4.69, 9.17) is 5.26 Å². The number of benzene rings is 1. The van der Waals surface area contributed by atoms with Gasteiger partial charge in [0.2, 0.25) is 0 Å². The molecule has 1 aromatic carbocycles. The van der Waals surface area contributed by atoms with Crippen LogP contribution in [0.4, 0.5) is 13.2 Å². The number of nitrogens with zero attached hydrogens (tertiary/aromatic N) is 2. The number of carbonyl (C=O) groups excluding carboxylic acids is 1. The summed E-state index contributed by atoms with van der Waals surface area (Å²) in [6.07, 6.45) is -1.81. The molecule has 0 aliphatic carbocycles. The van der Waals surface area contributed by atoms with Crippen molar-refractivity contribution >= 4 is 11.3 Å². The molecule has 0 aliphatic heterocycles. The number of ketones is 1. The van der Waals surface area contributed by atoms with Crippen molar-refractivity contribution in [3.8, 4) is 6.07 Å². The molecule has 2 aromatic heterocycles. The Morgan fingerprint density at radius 1 is 1.15 bits per heavy atom. The van der Waals surface area contributed by atoms with Crippen molar-refractivity contribution in [3.05, 3.63) is 76.6 Å². The predicted molar refractivity (Wildman–Crippen MR) is 90.9 cm³/mol. The largest absolute Gasteiger partial charge is 0.416 e. The highest BCUT2D eigenvalue weighted by Gasteiger charge is 2.30. The molecule has 3 aromatic rings. The zero-order valence-corrected chi connectivity index (χ0v) is 14.0. The molecule has 3 rings (SSSR count). The highest BCUT2D eigenvalue weighted by atomic mass is 19.4. The lowest BCUT2D eigenvalue weighted by molar-refractivity contribution is -0.137. The van der Waals surface area contributed by atoms with Gasteiger partial charge in [-0.25, -0.2) is 0 Å². The number of aryl methyl sites for hydroxylation is 1. The van der Waals surface area contributed by atoms with Gasteiger partial charge in [-0.05, 0) is 36.8 Å². The molecule has 0 N–H and O–H groups in total. The Bertz CT molecular complexity index is 1010. The first kappa shape index (κ1) is 17.7. The minimum absolute atomic E-state index is 0.198. The number of aromatic nitrogens is 1. The summed E-state index contributed by atoms with van der Waals surface area (Å²) < 4.78 is 40.0. The Labute approximate surface area is 148 Å². The third-order valence-electron chi connectivity index (χ3n) is 4.39. The van der Waals surface area contributed by atoms with Crippen LogP contribution in [0.5, 0.6) is 0 Å². The SMILES string of the molecule is Cc1c(C(=O)c2ccc(C(F)(F)F)cc2)c2ccccn2c1CCC#N. The number of hydrogen-bond donors (Lipinski definition) is 0. The van der Waals surface area contributed by atoms with Gasteiger partial charge in [0.15, 0.2) is 5.78 Å². The highest BCUT2D eigenvalue weighted by molar-refractivity contribution is 6.14. The summed E-state index contributed by atoms with van der Waals surface area (Å²) in [6.45, 7) is 1.80. The molecule has 0 bridgehead atoms. The molecule has 2 heterocycles. The molecule has 3 nitrogen and oxygen atoms in total.